The van der Waals surface area contributed by atoms with Gasteiger partial charge in [-0.1, -0.05) is 30.0 Å². The number of hydrogen-bond donors (Lipinski definition) is 2. The lowest BCUT2D eigenvalue weighted by molar-refractivity contribution is -0.0603. The van der Waals surface area contributed by atoms with E-state index in [-0.39, 0.29) is 12.2 Å². The zero-order valence-electron chi connectivity index (χ0n) is 21.3. The van der Waals surface area contributed by atoms with Gasteiger partial charge in [0.2, 0.25) is 0 Å². The second-order valence-corrected chi connectivity index (χ2v) is 13.9. The van der Waals surface area contributed by atoms with Crippen molar-refractivity contribution in [3.63, 3.8) is 0 Å². The summed E-state index contributed by atoms with van der Waals surface area (Å²) in [7, 11) is -2.00. The number of carboxylic acid groups (broad SMARTS) is 1. The van der Waals surface area contributed by atoms with E-state index in [2.05, 4.69) is 9.98 Å². The van der Waals surface area contributed by atoms with E-state index >= 15 is 0 Å². The number of thioether (sulfide) groups is 1. The first-order chi connectivity index (χ1) is 18.1. The minimum Gasteiger partial charge on any atom is -0.465 e. The van der Waals surface area contributed by atoms with E-state index in [1.54, 1.807) is 36.3 Å². The lowest BCUT2D eigenvalue weighted by Crippen LogP contribution is -2.47. The van der Waals surface area contributed by atoms with Crippen LogP contribution in [0.1, 0.15) is 26.0 Å². The summed E-state index contributed by atoms with van der Waals surface area (Å²) in [5.74, 6) is 0.628. The number of thiophene rings is 1. The van der Waals surface area contributed by atoms with Crippen molar-refractivity contribution in [2.24, 2.45) is 4.99 Å². The number of aromatic nitrogens is 1. The number of halogens is 1. The third-order valence-electron chi connectivity index (χ3n) is 6.15. The van der Waals surface area contributed by atoms with Gasteiger partial charge in [-0.25, -0.2) is 13.2 Å². The number of carbonyl (C=O) groups is 1. The van der Waals surface area contributed by atoms with E-state index in [0.29, 0.717) is 34.1 Å². The molecule has 0 bridgehead atoms. The Morgan fingerprint density at radius 3 is 2.63 bits per heavy atom. The smallest absolute Gasteiger partial charge is 0.407 e. The second kappa shape index (κ2) is 12.3. The number of aromatic amines is 1. The number of fused-ring (bicyclic) bond motifs is 1. The van der Waals surface area contributed by atoms with Crippen LogP contribution in [0.3, 0.4) is 0 Å². The van der Waals surface area contributed by atoms with E-state index in [0.717, 1.165) is 34.6 Å². The number of nitrogens with one attached hydrogen (secondary N) is 1. The maximum atomic E-state index is 12.9. The molecule has 1 saturated heterocycles. The number of ether oxygens (including phenoxy) is 1. The molecule has 0 saturated carbocycles. The van der Waals surface area contributed by atoms with Crippen molar-refractivity contribution in [2.75, 3.05) is 36.9 Å². The molecule has 0 spiro atoms. The maximum absolute atomic E-state index is 12.9. The van der Waals surface area contributed by atoms with Gasteiger partial charge in [0.25, 0.3) is 10.0 Å². The van der Waals surface area contributed by atoms with E-state index in [9.17, 15) is 13.2 Å². The number of hydrogen-bond acceptors (Lipinski definition) is 7. The molecular weight excluding hydrogens is 568 g/mol. The van der Waals surface area contributed by atoms with Gasteiger partial charge >= 0.3 is 6.09 Å². The van der Waals surface area contributed by atoms with Crippen LogP contribution >= 0.6 is 34.7 Å². The predicted octanol–water partition coefficient (Wildman–Crippen LogP) is 5.32. The molecular formula is C25H31ClN4O5S3. The van der Waals surface area contributed by atoms with E-state index in [4.69, 9.17) is 21.4 Å². The molecule has 38 heavy (non-hydrogen) atoms. The summed E-state index contributed by atoms with van der Waals surface area (Å²) in [6, 6.07) is 11.0. The van der Waals surface area contributed by atoms with Crippen LogP contribution in [0.2, 0.25) is 0 Å². The molecule has 2 N–H and O–H groups in total. The highest BCUT2D eigenvalue weighted by molar-refractivity contribution is 8.15. The largest absolute Gasteiger partial charge is 0.465 e. The number of benzene rings is 1. The molecule has 206 valence electrons. The average Bonchev–Trinajstić information content (AvgIpc) is 3.64. The first-order valence-electron chi connectivity index (χ1n) is 12.1. The van der Waals surface area contributed by atoms with Crippen LogP contribution in [0.5, 0.6) is 0 Å². The number of morpholine rings is 1. The highest BCUT2D eigenvalue weighted by Crippen LogP contribution is 2.34. The molecule has 3 atom stereocenters. The molecule has 13 heteroatoms. The standard InChI is InChI=1S/C18H18ClN3O2S3.C7H13NO3/c1-22(27(23,24)16-6-3-9-25-16)15-5-2-4-12-10-14(21-17(12)15)18-20-11-13(26-18)7-8-19;1-5-3-8(7(9)10)4-6(2)11-5/h2-6,9-10,13,21H,7-8,11H2,1H3;5-6H,3-4H2,1-2H3,(H,9,10)/t;5-,6+. The molecule has 2 aromatic heterocycles. The van der Waals surface area contributed by atoms with Gasteiger partial charge in [-0.05, 0) is 43.8 Å². The molecule has 1 unspecified atom stereocenters. The van der Waals surface area contributed by atoms with Crippen LogP contribution < -0.4 is 4.31 Å². The summed E-state index contributed by atoms with van der Waals surface area (Å²) in [5, 5.41) is 12.7. The SMILES string of the molecule is CN(c1cccc2cc(C3=NCC(CCCl)S3)[nH]c12)S(=O)(=O)c1cccs1.C[C@@H]1CN(C(=O)O)C[C@H](C)O1. The van der Waals surface area contributed by atoms with E-state index < -0.39 is 16.1 Å². The molecule has 0 radical (unpaired) electrons. The monoisotopic (exact) mass is 598 g/mol. The minimum absolute atomic E-state index is 0.0230. The summed E-state index contributed by atoms with van der Waals surface area (Å²) in [4.78, 5) is 19.9. The summed E-state index contributed by atoms with van der Waals surface area (Å²) >= 11 is 8.79. The van der Waals surface area contributed by atoms with Crippen molar-refractivity contribution < 1.29 is 23.1 Å². The van der Waals surface area contributed by atoms with Crippen LogP contribution in [0, 0.1) is 0 Å². The second-order valence-electron chi connectivity index (χ2n) is 9.14. The van der Waals surface area contributed by atoms with Crippen LogP contribution in [0.4, 0.5) is 10.5 Å². The highest BCUT2D eigenvalue weighted by Gasteiger charge is 2.27. The Morgan fingerprint density at radius 2 is 2.00 bits per heavy atom. The van der Waals surface area contributed by atoms with Gasteiger partial charge in [-0.2, -0.15) is 0 Å². The molecule has 5 rings (SSSR count). The third-order valence-corrected chi connectivity index (χ3v) is 10.8. The number of para-hydroxylation sites is 1. The highest BCUT2D eigenvalue weighted by atomic mass is 35.5. The van der Waals surface area contributed by atoms with Gasteiger partial charge in [-0.3, -0.25) is 9.30 Å². The lowest BCUT2D eigenvalue weighted by Gasteiger charge is -2.33. The first-order valence-corrected chi connectivity index (χ1v) is 15.9. The zero-order chi connectivity index (χ0) is 27.4. The van der Waals surface area contributed by atoms with E-state index in [1.807, 2.05) is 38.1 Å². The summed E-state index contributed by atoms with van der Waals surface area (Å²) in [5.41, 5.74) is 2.33. The van der Waals surface area contributed by atoms with Crippen molar-refractivity contribution in [3.8, 4) is 0 Å². The number of sulfonamides is 1. The minimum atomic E-state index is -3.58. The fourth-order valence-corrected chi connectivity index (χ4v) is 8.21. The Morgan fingerprint density at radius 1 is 1.26 bits per heavy atom. The van der Waals surface area contributed by atoms with Gasteiger partial charge in [0.15, 0.2) is 0 Å². The topological polar surface area (TPSA) is 115 Å². The summed E-state index contributed by atoms with van der Waals surface area (Å²) in [6.45, 7) is 5.50. The van der Waals surface area contributed by atoms with Crippen LogP contribution in [-0.4, -0.2) is 84.6 Å². The molecule has 1 amide bonds. The predicted molar refractivity (Wildman–Crippen MR) is 156 cm³/mol. The van der Waals surface area contributed by atoms with Crippen molar-refractivity contribution in [3.05, 3.63) is 47.5 Å². The molecule has 2 aliphatic rings. The number of alkyl halides is 1. The Bertz CT molecular complexity index is 1380. The lowest BCUT2D eigenvalue weighted by atomic mass is 10.2. The molecule has 1 aromatic carbocycles. The Kier molecular flexibility index (Phi) is 9.30. The number of aliphatic imine (C=N–C) groups is 1. The van der Waals surface area contributed by atoms with Crippen LogP contribution in [-0.2, 0) is 14.8 Å². The van der Waals surface area contributed by atoms with Crippen molar-refractivity contribution in [1.82, 2.24) is 9.88 Å². The van der Waals surface area contributed by atoms with Gasteiger partial charge < -0.3 is 19.7 Å². The Balaban J connectivity index is 0.000000257. The normalized spacial score (nSPS) is 21.6. The fourth-order valence-electron chi connectivity index (χ4n) is 4.36. The fraction of sp³-hybridized carbons (Fsp3) is 0.440. The van der Waals surface area contributed by atoms with Gasteiger partial charge in [0.1, 0.15) is 9.25 Å². The molecule has 9 nitrogen and oxygen atoms in total. The van der Waals surface area contributed by atoms with Crippen LogP contribution in [0.25, 0.3) is 10.9 Å². The van der Waals surface area contributed by atoms with Crippen molar-refractivity contribution >= 4 is 72.5 Å². The number of amides is 1. The Labute approximate surface area is 235 Å². The molecule has 1 fully saturated rings. The maximum Gasteiger partial charge on any atom is 0.407 e. The molecule has 2 aliphatic heterocycles. The molecule has 0 aliphatic carbocycles. The Hall–Kier alpha value is -2.25. The van der Waals surface area contributed by atoms with Crippen molar-refractivity contribution in [1.29, 1.82) is 0 Å². The number of anilines is 1. The number of rotatable bonds is 6. The summed E-state index contributed by atoms with van der Waals surface area (Å²) < 4.78 is 32.8. The quantitative estimate of drug-likeness (QED) is 0.371. The van der Waals surface area contributed by atoms with Crippen LogP contribution in [0.15, 0.2) is 51.0 Å². The third kappa shape index (κ3) is 6.48. The molecule has 4 heterocycles. The first kappa shape index (κ1) is 28.8. The van der Waals surface area contributed by atoms with Gasteiger partial charge in [0.05, 0.1) is 48.7 Å². The zero-order valence-corrected chi connectivity index (χ0v) is 24.5. The number of nitrogens with zero attached hydrogens (tertiary/aromatic N) is 3. The van der Waals surface area contributed by atoms with E-state index in [1.165, 1.54) is 20.5 Å². The van der Waals surface area contributed by atoms with Gasteiger partial charge in [0, 0.05) is 23.6 Å². The number of H-pyrrole nitrogens is 1. The summed E-state index contributed by atoms with van der Waals surface area (Å²) in [6.07, 6.45) is 0.114. The van der Waals surface area contributed by atoms with Crippen molar-refractivity contribution in [2.45, 2.75) is 41.9 Å². The molecule has 3 aromatic rings. The van der Waals surface area contributed by atoms with Gasteiger partial charge in [-0.15, -0.1) is 22.9 Å². The average molecular weight is 599 g/mol.